The van der Waals surface area contributed by atoms with Gasteiger partial charge in [-0.3, -0.25) is 9.48 Å². The van der Waals surface area contributed by atoms with Crippen LogP contribution in [0.25, 0.3) is 0 Å². The molecular weight excluding hydrogens is 302 g/mol. The van der Waals surface area contributed by atoms with Crippen LogP contribution < -0.4 is 0 Å². The number of carbonyl (C=O) groups excluding carboxylic acids is 1. The predicted octanol–water partition coefficient (Wildman–Crippen LogP) is 3.33. The highest BCUT2D eigenvalue weighted by molar-refractivity contribution is 5.92. The molecule has 24 heavy (non-hydrogen) atoms. The topological polar surface area (TPSA) is 51.3 Å². The maximum absolute atomic E-state index is 12.9. The minimum absolute atomic E-state index is 0.0342. The van der Waals surface area contributed by atoms with E-state index in [2.05, 4.69) is 5.10 Å². The molecule has 5 heteroatoms. The highest BCUT2D eigenvalue weighted by atomic mass is 16.4. The number of aromatic nitrogens is 2. The molecule has 0 unspecified atom stereocenters. The van der Waals surface area contributed by atoms with Crippen molar-refractivity contribution in [2.45, 2.75) is 32.0 Å². The molecule has 1 amide bonds. The Balaban J connectivity index is 1.49. The van der Waals surface area contributed by atoms with Gasteiger partial charge >= 0.3 is 0 Å². The minimum atomic E-state index is -0.0342. The molecule has 2 heterocycles. The van der Waals surface area contributed by atoms with E-state index in [1.165, 1.54) is 0 Å². The molecule has 0 saturated heterocycles. The third kappa shape index (κ3) is 3.25. The molecule has 3 aromatic rings. The third-order valence-electron chi connectivity index (χ3n) is 4.19. The van der Waals surface area contributed by atoms with Gasteiger partial charge in [0.1, 0.15) is 5.76 Å². The molecule has 5 nitrogen and oxygen atoms in total. The van der Waals surface area contributed by atoms with Gasteiger partial charge in [0.05, 0.1) is 6.54 Å². The lowest BCUT2D eigenvalue weighted by Gasteiger charge is -2.21. The number of hydrogen-bond acceptors (Lipinski definition) is 3. The summed E-state index contributed by atoms with van der Waals surface area (Å²) in [5, 5.41) is 4.16. The fourth-order valence-corrected chi connectivity index (χ4v) is 2.81. The molecule has 1 aliphatic carbocycles. The number of benzene rings is 1. The number of rotatable bonds is 6. The lowest BCUT2D eigenvalue weighted by molar-refractivity contribution is 0.0695. The number of hydrogen-bond donors (Lipinski definition) is 0. The zero-order valence-corrected chi connectivity index (χ0v) is 13.3. The summed E-state index contributed by atoms with van der Waals surface area (Å²) in [5.41, 5.74) is 1.14. The van der Waals surface area contributed by atoms with Crippen LogP contribution in [-0.4, -0.2) is 26.6 Å². The van der Waals surface area contributed by atoms with Crippen molar-refractivity contribution in [1.29, 1.82) is 0 Å². The lowest BCUT2D eigenvalue weighted by atomic mass is 10.2. The Morgan fingerprint density at radius 1 is 1.17 bits per heavy atom. The van der Waals surface area contributed by atoms with Gasteiger partial charge < -0.3 is 9.32 Å². The Labute approximate surface area is 140 Å². The molecule has 2 aromatic heterocycles. The number of carbonyl (C=O) groups is 1. The maximum Gasteiger partial charge on any atom is 0.290 e. The molecule has 0 aliphatic heterocycles. The van der Waals surface area contributed by atoms with Crippen LogP contribution in [0.2, 0.25) is 0 Å². The highest BCUT2D eigenvalue weighted by Gasteiger charge is 2.34. The average Bonchev–Trinajstić information content (AvgIpc) is 3.12. The molecule has 1 aliphatic rings. The quantitative estimate of drug-likeness (QED) is 0.700. The van der Waals surface area contributed by atoms with E-state index < -0.39 is 0 Å². The molecule has 1 saturated carbocycles. The molecule has 1 fully saturated rings. The van der Waals surface area contributed by atoms with Crippen LogP contribution in [-0.2, 0) is 13.1 Å². The van der Waals surface area contributed by atoms with Crippen LogP contribution in [0, 0.1) is 0 Å². The largest absolute Gasteiger partial charge is 0.454 e. The molecule has 0 N–H and O–H groups in total. The fraction of sp³-hybridized carbons (Fsp3) is 0.263. The van der Waals surface area contributed by atoms with Crippen LogP contribution in [0.15, 0.2) is 65.3 Å². The number of furan rings is 1. The second kappa shape index (κ2) is 6.35. The van der Waals surface area contributed by atoms with Crippen molar-refractivity contribution in [1.82, 2.24) is 14.7 Å². The second-order valence-corrected chi connectivity index (χ2v) is 6.12. The van der Waals surface area contributed by atoms with Gasteiger partial charge in [0.25, 0.3) is 5.91 Å². The van der Waals surface area contributed by atoms with Crippen LogP contribution in [0.4, 0.5) is 0 Å². The van der Waals surface area contributed by atoms with Crippen molar-refractivity contribution in [3.05, 3.63) is 78.0 Å². The van der Waals surface area contributed by atoms with E-state index in [1.807, 2.05) is 53.6 Å². The highest BCUT2D eigenvalue weighted by Crippen LogP contribution is 2.30. The summed E-state index contributed by atoms with van der Waals surface area (Å²) in [6.45, 7) is 1.15. The second-order valence-electron chi connectivity index (χ2n) is 6.12. The molecule has 0 spiro atoms. The van der Waals surface area contributed by atoms with Gasteiger partial charge in [-0.2, -0.15) is 5.10 Å². The van der Waals surface area contributed by atoms with Crippen molar-refractivity contribution in [3.8, 4) is 0 Å². The predicted molar refractivity (Wildman–Crippen MR) is 89.4 cm³/mol. The van der Waals surface area contributed by atoms with E-state index >= 15 is 0 Å². The van der Waals surface area contributed by atoms with E-state index in [-0.39, 0.29) is 5.91 Å². The van der Waals surface area contributed by atoms with E-state index in [0.717, 1.165) is 24.2 Å². The first-order valence-electron chi connectivity index (χ1n) is 8.20. The van der Waals surface area contributed by atoms with Gasteiger partial charge in [-0.1, -0.05) is 30.3 Å². The minimum Gasteiger partial charge on any atom is -0.454 e. The van der Waals surface area contributed by atoms with Gasteiger partial charge in [-0.15, -0.1) is 0 Å². The van der Waals surface area contributed by atoms with Crippen LogP contribution in [0.1, 0.15) is 34.7 Å². The molecular formula is C19H19N3O2. The molecule has 122 valence electrons. The first-order chi connectivity index (χ1) is 11.8. The van der Waals surface area contributed by atoms with Crippen molar-refractivity contribution in [3.63, 3.8) is 0 Å². The number of amides is 1. The average molecular weight is 321 g/mol. The first-order valence-corrected chi connectivity index (χ1v) is 8.20. The van der Waals surface area contributed by atoms with Gasteiger partial charge in [-0.05, 0) is 36.6 Å². The molecule has 0 bridgehead atoms. The monoisotopic (exact) mass is 321 g/mol. The normalized spacial score (nSPS) is 13.8. The number of nitrogens with zero attached hydrogens (tertiary/aromatic N) is 3. The van der Waals surface area contributed by atoms with Gasteiger partial charge in [0, 0.05) is 25.0 Å². The summed E-state index contributed by atoms with van der Waals surface area (Å²) in [7, 11) is 0. The Morgan fingerprint density at radius 3 is 2.71 bits per heavy atom. The zero-order chi connectivity index (χ0) is 16.4. The summed E-state index contributed by atoms with van der Waals surface area (Å²) in [4.78, 5) is 14.8. The van der Waals surface area contributed by atoms with Crippen molar-refractivity contribution in [2.24, 2.45) is 0 Å². The van der Waals surface area contributed by atoms with Gasteiger partial charge in [-0.25, -0.2) is 0 Å². The Morgan fingerprint density at radius 2 is 2.00 bits per heavy atom. The Kier molecular flexibility index (Phi) is 3.91. The first kappa shape index (κ1) is 14.8. The summed E-state index contributed by atoms with van der Waals surface area (Å²) in [6, 6.07) is 15.9. The van der Waals surface area contributed by atoms with Gasteiger partial charge in [0.2, 0.25) is 0 Å². The van der Waals surface area contributed by atoms with Crippen LogP contribution in [0.3, 0.4) is 0 Å². The van der Waals surface area contributed by atoms with E-state index in [9.17, 15) is 4.79 Å². The summed E-state index contributed by atoms with van der Waals surface area (Å²) in [5.74, 6) is 1.10. The van der Waals surface area contributed by atoms with Crippen molar-refractivity contribution < 1.29 is 9.21 Å². The molecule has 0 atom stereocenters. The van der Waals surface area contributed by atoms with E-state index in [4.69, 9.17) is 4.42 Å². The zero-order valence-electron chi connectivity index (χ0n) is 13.3. The lowest BCUT2D eigenvalue weighted by Crippen LogP contribution is -2.32. The van der Waals surface area contributed by atoms with E-state index in [0.29, 0.717) is 24.9 Å². The third-order valence-corrected chi connectivity index (χ3v) is 4.19. The van der Waals surface area contributed by atoms with Gasteiger partial charge in [0.15, 0.2) is 5.76 Å². The summed E-state index contributed by atoms with van der Waals surface area (Å²) in [6.07, 6.45) is 5.73. The fourth-order valence-electron chi connectivity index (χ4n) is 2.81. The summed E-state index contributed by atoms with van der Waals surface area (Å²) >= 11 is 0. The van der Waals surface area contributed by atoms with E-state index in [1.54, 1.807) is 16.9 Å². The maximum atomic E-state index is 12.9. The SMILES string of the molecule is O=C(c1ccc(Cn2cccn2)o1)N(Cc1ccccc1)C1CC1. The molecule has 1 aromatic carbocycles. The molecule has 0 radical (unpaired) electrons. The standard InChI is InChI=1S/C19H19N3O2/c23-19(18-10-9-17(24-18)14-21-12-4-11-20-21)22(16-7-8-16)13-15-5-2-1-3-6-15/h1-6,9-12,16H,7-8,13-14H2. The summed E-state index contributed by atoms with van der Waals surface area (Å²) < 4.78 is 7.54. The van der Waals surface area contributed by atoms with Crippen LogP contribution in [0.5, 0.6) is 0 Å². The molecule has 4 rings (SSSR count). The Hall–Kier alpha value is -2.82. The van der Waals surface area contributed by atoms with Crippen molar-refractivity contribution >= 4 is 5.91 Å². The van der Waals surface area contributed by atoms with Crippen molar-refractivity contribution in [2.75, 3.05) is 0 Å². The smallest absolute Gasteiger partial charge is 0.290 e. The van der Waals surface area contributed by atoms with Crippen LogP contribution >= 0.6 is 0 Å². The Bertz CT molecular complexity index is 804.